The van der Waals surface area contributed by atoms with Crippen molar-refractivity contribution in [2.45, 2.75) is 31.7 Å². The van der Waals surface area contributed by atoms with E-state index in [2.05, 4.69) is 0 Å². The van der Waals surface area contributed by atoms with E-state index in [0.29, 0.717) is 12.0 Å². The van der Waals surface area contributed by atoms with E-state index < -0.39 is 5.82 Å². The highest BCUT2D eigenvalue weighted by Crippen LogP contribution is 2.21. The lowest BCUT2D eigenvalue weighted by Gasteiger charge is -2.34. The third-order valence-electron chi connectivity index (χ3n) is 3.97. The first-order chi connectivity index (χ1) is 10.7. The second-order valence-corrected chi connectivity index (χ2v) is 5.42. The van der Waals surface area contributed by atoms with E-state index in [4.69, 9.17) is 9.84 Å². The Bertz CT molecular complexity index is 543. The molecule has 0 bridgehead atoms. The first kappa shape index (κ1) is 16.5. The Kier molecular flexibility index (Phi) is 5.95. The summed E-state index contributed by atoms with van der Waals surface area (Å²) in [6.07, 6.45) is 6.80. The number of rotatable bonds is 5. The third-order valence-corrected chi connectivity index (χ3v) is 3.97. The molecule has 0 spiro atoms. The van der Waals surface area contributed by atoms with E-state index in [0.717, 1.165) is 25.8 Å². The molecule has 1 fully saturated rings. The fourth-order valence-corrected chi connectivity index (χ4v) is 2.78. The summed E-state index contributed by atoms with van der Waals surface area (Å²) in [7, 11) is 1.41. The van der Waals surface area contributed by atoms with Gasteiger partial charge in [0.25, 0.3) is 0 Å². The normalized spacial score (nSPS) is 18.7. The minimum atomic E-state index is -0.426. The van der Waals surface area contributed by atoms with Crippen LogP contribution in [-0.2, 0) is 4.79 Å². The van der Waals surface area contributed by atoms with Gasteiger partial charge in [-0.3, -0.25) is 4.79 Å². The molecular formula is C17H22FNO3. The van der Waals surface area contributed by atoms with Crippen LogP contribution in [0.25, 0.3) is 6.08 Å². The number of ether oxygens (including phenoxy) is 1. The summed E-state index contributed by atoms with van der Waals surface area (Å²) in [4.78, 5) is 14.1. The maximum absolute atomic E-state index is 13.3. The van der Waals surface area contributed by atoms with Crippen molar-refractivity contribution >= 4 is 12.0 Å². The predicted octanol–water partition coefficient (Wildman–Crippen LogP) is 2.61. The Labute approximate surface area is 130 Å². The van der Waals surface area contributed by atoms with Crippen LogP contribution in [0.1, 0.15) is 31.2 Å². The summed E-state index contributed by atoms with van der Waals surface area (Å²) < 4.78 is 18.3. The van der Waals surface area contributed by atoms with Gasteiger partial charge in [0.05, 0.1) is 7.11 Å². The van der Waals surface area contributed by atoms with Crippen molar-refractivity contribution in [3.63, 3.8) is 0 Å². The van der Waals surface area contributed by atoms with Gasteiger partial charge < -0.3 is 14.7 Å². The Morgan fingerprint density at radius 3 is 3.05 bits per heavy atom. The van der Waals surface area contributed by atoms with Crippen LogP contribution in [0, 0.1) is 5.82 Å². The Balaban J connectivity index is 2.06. The largest absolute Gasteiger partial charge is 0.494 e. The van der Waals surface area contributed by atoms with Crippen LogP contribution >= 0.6 is 0 Å². The van der Waals surface area contributed by atoms with Crippen molar-refractivity contribution in [1.29, 1.82) is 0 Å². The quantitative estimate of drug-likeness (QED) is 0.851. The first-order valence-electron chi connectivity index (χ1n) is 7.58. The van der Waals surface area contributed by atoms with E-state index >= 15 is 0 Å². The van der Waals surface area contributed by atoms with Gasteiger partial charge in [-0.05, 0) is 49.5 Å². The average molecular weight is 307 g/mol. The molecule has 1 N–H and O–H groups in total. The van der Waals surface area contributed by atoms with Crippen LogP contribution in [-0.4, -0.2) is 42.2 Å². The number of benzene rings is 1. The lowest BCUT2D eigenvalue weighted by molar-refractivity contribution is -0.129. The van der Waals surface area contributed by atoms with Crippen LogP contribution in [0.3, 0.4) is 0 Å². The lowest BCUT2D eigenvalue weighted by atomic mass is 9.99. The SMILES string of the molecule is COc1cc(/C=C/C(=O)N2CCCCC2CCO)ccc1F. The maximum atomic E-state index is 13.3. The zero-order chi connectivity index (χ0) is 15.9. The third kappa shape index (κ3) is 4.07. The molecule has 0 aromatic heterocycles. The van der Waals surface area contributed by atoms with Gasteiger partial charge in [-0.1, -0.05) is 6.07 Å². The fourth-order valence-electron chi connectivity index (χ4n) is 2.78. The molecule has 0 radical (unpaired) electrons. The van der Waals surface area contributed by atoms with E-state index in [1.807, 2.05) is 4.90 Å². The number of piperidine rings is 1. The number of carbonyl (C=O) groups is 1. The standard InChI is InChI=1S/C17H22FNO3/c1-22-16-12-13(5-7-15(16)18)6-8-17(21)19-10-3-2-4-14(19)9-11-20/h5-8,12,14,20H,2-4,9-11H2,1H3/b8-6+. The second kappa shape index (κ2) is 7.94. The average Bonchev–Trinajstić information content (AvgIpc) is 2.54. The highest BCUT2D eigenvalue weighted by molar-refractivity contribution is 5.92. The number of aliphatic hydroxyl groups is 1. The highest BCUT2D eigenvalue weighted by Gasteiger charge is 2.24. The number of hydrogen-bond donors (Lipinski definition) is 1. The molecule has 1 amide bonds. The molecule has 1 saturated heterocycles. The van der Waals surface area contributed by atoms with E-state index in [1.54, 1.807) is 18.2 Å². The number of nitrogens with zero attached hydrogens (tertiary/aromatic N) is 1. The Morgan fingerprint density at radius 1 is 1.50 bits per heavy atom. The smallest absolute Gasteiger partial charge is 0.246 e. The van der Waals surface area contributed by atoms with Gasteiger partial charge in [0.15, 0.2) is 11.6 Å². The number of amides is 1. The predicted molar refractivity (Wildman–Crippen MR) is 83.0 cm³/mol. The van der Waals surface area contributed by atoms with Crippen molar-refractivity contribution in [1.82, 2.24) is 4.90 Å². The van der Waals surface area contributed by atoms with Crippen molar-refractivity contribution in [3.05, 3.63) is 35.7 Å². The molecule has 22 heavy (non-hydrogen) atoms. The number of aliphatic hydroxyl groups excluding tert-OH is 1. The van der Waals surface area contributed by atoms with Crippen molar-refractivity contribution in [3.8, 4) is 5.75 Å². The van der Waals surface area contributed by atoms with Crippen LogP contribution in [0.2, 0.25) is 0 Å². The van der Waals surface area contributed by atoms with Gasteiger partial charge in [-0.2, -0.15) is 0 Å². The van der Waals surface area contributed by atoms with E-state index in [9.17, 15) is 9.18 Å². The molecule has 0 aliphatic carbocycles. The fraction of sp³-hybridized carbons (Fsp3) is 0.471. The molecule has 1 unspecified atom stereocenters. The number of carbonyl (C=O) groups excluding carboxylic acids is 1. The summed E-state index contributed by atoms with van der Waals surface area (Å²) >= 11 is 0. The molecule has 1 aliphatic rings. The number of halogens is 1. The minimum absolute atomic E-state index is 0.0681. The molecular weight excluding hydrogens is 285 g/mol. The molecule has 120 valence electrons. The zero-order valence-electron chi connectivity index (χ0n) is 12.8. The molecule has 5 heteroatoms. The van der Waals surface area contributed by atoms with Crippen molar-refractivity contribution in [2.75, 3.05) is 20.3 Å². The van der Waals surface area contributed by atoms with Crippen LogP contribution in [0.5, 0.6) is 5.75 Å². The summed E-state index contributed by atoms with van der Waals surface area (Å²) in [5, 5.41) is 9.10. The topological polar surface area (TPSA) is 49.8 Å². The summed E-state index contributed by atoms with van der Waals surface area (Å²) in [6.45, 7) is 0.813. The molecule has 2 rings (SSSR count). The number of likely N-dealkylation sites (tertiary alicyclic amines) is 1. The van der Waals surface area contributed by atoms with Crippen molar-refractivity contribution in [2.24, 2.45) is 0 Å². The zero-order valence-corrected chi connectivity index (χ0v) is 12.8. The summed E-state index contributed by atoms with van der Waals surface area (Å²) in [6, 6.07) is 4.58. The monoisotopic (exact) mass is 307 g/mol. The van der Waals surface area contributed by atoms with E-state index in [-0.39, 0.29) is 24.3 Å². The summed E-state index contributed by atoms with van der Waals surface area (Å²) in [5.74, 6) is -0.336. The first-order valence-corrected chi connectivity index (χ1v) is 7.58. The van der Waals surface area contributed by atoms with Gasteiger partial charge in [0, 0.05) is 25.3 Å². The molecule has 0 saturated carbocycles. The lowest BCUT2D eigenvalue weighted by Crippen LogP contribution is -2.43. The molecule has 1 aromatic carbocycles. The maximum Gasteiger partial charge on any atom is 0.246 e. The minimum Gasteiger partial charge on any atom is -0.494 e. The highest BCUT2D eigenvalue weighted by atomic mass is 19.1. The molecule has 1 atom stereocenters. The van der Waals surface area contributed by atoms with Gasteiger partial charge in [-0.25, -0.2) is 4.39 Å². The molecule has 4 nitrogen and oxygen atoms in total. The van der Waals surface area contributed by atoms with Crippen LogP contribution < -0.4 is 4.74 Å². The van der Waals surface area contributed by atoms with Crippen LogP contribution in [0.4, 0.5) is 4.39 Å². The number of methoxy groups -OCH3 is 1. The van der Waals surface area contributed by atoms with Gasteiger partial charge >= 0.3 is 0 Å². The van der Waals surface area contributed by atoms with Gasteiger partial charge in [0.2, 0.25) is 5.91 Å². The molecule has 1 aromatic rings. The summed E-state index contributed by atoms with van der Waals surface area (Å²) in [5.41, 5.74) is 0.710. The number of hydrogen-bond acceptors (Lipinski definition) is 3. The van der Waals surface area contributed by atoms with Gasteiger partial charge in [0.1, 0.15) is 0 Å². The second-order valence-electron chi connectivity index (χ2n) is 5.42. The Morgan fingerprint density at radius 2 is 2.32 bits per heavy atom. The van der Waals surface area contributed by atoms with Crippen LogP contribution in [0.15, 0.2) is 24.3 Å². The van der Waals surface area contributed by atoms with Crippen molar-refractivity contribution < 1.29 is 19.0 Å². The molecule has 1 heterocycles. The Hall–Kier alpha value is -1.88. The van der Waals surface area contributed by atoms with Gasteiger partial charge in [-0.15, -0.1) is 0 Å². The van der Waals surface area contributed by atoms with E-state index in [1.165, 1.54) is 19.3 Å². The molecule has 1 aliphatic heterocycles.